The Kier molecular flexibility index (Phi) is 11.9. The molecular weight excluding hydrogens is 377 g/mol. The molecule has 0 radical (unpaired) electrons. The first-order chi connectivity index (χ1) is 9.58. The molecule has 0 N–H and O–H groups in total. The normalized spacial score (nSPS) is 15.3. The first-order valence-electron chi connectivity index (χ1n) is 5.26. The first-order valence-corrected chi connectivity index (χ1v) is 5.26. The van der Waals surface area contributed by atoms with E-state index in [1.807, 2.05) is 0 Å². The van der Waals surface area contributed by atoms with Gasteiger partial charge in [-0.05, 0) is 18.8 Å². The third kappa shape index (κ3) is 152. The van der Waals surface area contributed by atoms with Crippen LogP contribution in [0.5, 0.6) is 0 Å². The molecule has 0 spiro atoms. The molecule has 144 valence electrons. The maximum atomic E-state index is 11.3. The van der Waals surface area contributed by atoms with Crippen molar-refractivity contribution in [1.29, 1.82) is 0 Å². The first kappa shape index (κ1) is 27.0. The highest BCUT2D eigenvalue weighted by molar-refractivity contribution is 6.50. The summed E-state index contributed by atoms with van der Waals surface area (Å²) in [6, 6.07) is 0. The molecule has 18 heteroatoms. The fraction of sp³-hybridized carbons (Fsp3) is 1.00. The van der Waals surface area contributed by atoms with E-state index in [0.717, 1.165) is 12.8 Å². The number of halogens is 15. The van der Waals surface area contributed by atoms with Gasteiger partial charge in [-0.3, -0.25) is 0 Å². The van der Waals surface area contributed by atoms with Crippen LogP contribution in [0.15, 0.2) is 0 Å². The average molecular weight is 385 g/mol. The van der Waals surface area contributed by atoms with E-state index in [0.29, 0.717) is 0 Å². The van der Waals surface area contributed by atoms with Gasteiger partial charge in [0.25, 0.3) is 0 Å². The van der Waals surface area contributed by atoms with E-state index >= 15 is 0 Å². The monoisotopic (exact) mass is 385 g/mol. The molecule has 1 saturated carbocycles. The van der Waals surface area contributed by atoms with Crippen LogP contribution >= 0.6 is 0 Å². The standard InChI is InChI=1S/C5H7F3.3BF4/c6-5(7,8)3-4-1-2-4;3*2-1(3,4)5/h4H,1-3H2;;;/q;3*-1. The summed E-state index contributed by atoms with van der Waals surface area (Å²) in [5.74, 6) is -0.0324. The van der Waals surface area contributed by atoms with Crippen molar-refractivity contribution in [2.24, 2.45) is 5.92 Å². The van der Waals surface area contributed by atoms with Crippen LogP contribution in [0, 0.1) is 5.92 Å². The third-order valence-electron chi connectivity index (χ3n) is 1.22. The van der Waals surface area contributed by atoms with Gasteiger partial charge in [0.1, 0.15) is 0 Å². The van der Waals surface area contributed by atoms with Gasteiger partial charge in [0, 0.05) is 6.42 Å². The predicted octanol–water partition coefficient (Wildman–Crippen LogP) is 6.25. The Morgan fingerprint density at radius 3 is 0.783 bits per heavy atom. The zero-order valence-electron chi connectivity index (χ0n) is 10.6. The van der Waals surface area contributed by atoms with Crippen LogP contribution in [0.4, 0.5) is 65.0 Å². The zero-order valence-corrected chi connectivity index (χ0v) is 10.6. The number of hydrogen-bond acceptors (Lipinski definition) is 0. The Hall–Kier alpha value is -0.855. The number of rotatable bonds is 1. The minimum atomic E-state index is -6.00. The number of hydrogen-bond donors (Lipinski definition) is 0. The topological polar surface area (TPSA) is 0 Å². The quantitative estimate of drug-likeness (QED) is 0.370. The van der Waals surface area contributed by atoms with Gasteiger partial charge in [0.05, 0.1) is 0 Å². The minimum Gasteiger partial charge on any atom is -0.418 e. The molecule has 1 aliphatic rings. The van der Waals surface area contributed by atoms with Crippen molar-refractivity contribution in [3.05, 3.63) is 0 Å². The van der Waals surface area contributed by atoms with Gasteiger partial charge in [-0.2, -0.15) is 13.2 Å². The summed E-state index contributed by atoms with van der Waals surface area (Å²) in [6.07, 6.45) is -2.92. The Labute approximate surface area is 119 Å². The van der Waals surface area contributed by atoms with Gasteiger partial charge in [0.2, 0.25) is 0 Å². The van der Waals surface area contributed by atoms with E-state index in [9.17, 15) is 65.0 Å². The van der Waals surface area contributed by atoms with E-state index < -0.39 is 34.4 Å². The van der Waals surface area contributed by atoms with Crippen molar-refractivity contribution in [2.75, 3.05) is 0 Å². The third-order valence-corrected chi connectivity index (χ3v) is 1.22. The molecule has 23 heavy (non-hydrogen) atoms. The lowest BCUT2D eigenvalue weighted by molar-refractivity contribution is -0.138. The Morgan fingerprint density at radius 2 is 0.739 bits per heavy atom. The average Bonchev–Trinajstić information content (AvgIpc) is 2.72. The summed E-state index contributed by atoms with van der Waals surface area (Å²) < 4.78 is 151. The molecule has 0 bridgehead atoms. The Morgan fingerprint density at radius 1 is 0.565 bits per heavy atom. The predicted molar refractivity (Wildman–Crippen MR) is 54.0 cm³/mol. The van der Waals surface area contributed by atoms with E-state index in [1.54, 1.807) is 0 Å². The fourth-order valence-electron chi connectivity index (χ4n) is 0.649. The zero-order chi connectivity index (χ0) is 19.7. The van der Waals surface area contributed by atoms with Gasteiger partial charge in [0.15, 0.2) is 0 Å². The van der Waals surface area contributed by atoms with Crippen LogP contribution in [-0.4, -0.2) is 27.9 Å². The van der Waals surface area contributed by atoms with E-state index in [4.69, 9.17) is 0 Å². The summed E-state index contributed by atoms with van der Waals surface area (Å²) in [6.45, 7) is 0. The van der Waals surface area contributed by atoms with Crippen LogP contribution in [0.3, 0.4) is 0 Å². The molecule has 0 atom stereocenters. The molecule has 0 heterocycles. The Balaban J connectivity index is -0.000000240. The van der Waals surface area contributed by atoms with Gasteiger partial charge < -0.3 is 51.8 Å². The van der Waals surface area contributed by atoms with Crippen LogP contribution < -0.4 is 0 Å². The maximum Gasteiger partial charge on any atom is 0.673 e. The molecule has 1 fully saturated rings. The summed E-state index contributed by atoms with van der Waals surface area (Å²) in [5.41, 5.74) is 0. The molecule has 0 aliphatic heterocycles. The van der Waals surface area contributed by atoms with E-state index in [1.165, 1.54) is 0 Å². The second-order valence-corrected chi connectivity index (χ2v) is 3.75. The van der Waals surface area contributed by atoms with Crippen molar-refractivity contribution in [1.82, 2.24) is 0 Å². The second-order valence-electron chi connectivity index (χ2n) is 3.75. The summed E-state index contributed by atoms with van der Waals surface area (Å²) in [4.78, 5) is 0. The van der Waals surface area contributed by atoms with Crippen LogP contribution in [0.1, 0.15) is 19.3 Å². The molecule has 0 saturated heterocycles. The lowest BCUT2D eigenvalue weighted by Gasteiger charge is -2.01. The van der Waals surface area contributed by atoms with Crippen LogP contribution in [0.2, 0.25) is 0 Å². The highest BCUT2D eigenvalue weighted by atomic mass is 19.5. The summed E-state index contributed by atoms with van der Waals surface area (Å²) in [7, 11) is -18.0. The minimum absolute atomic E-state index is 0.0324. The SMILES string of the molecule is FC(F)(F)CC1CC1.F[B-](F)(F)F.F[B-](F)(F)F.F[B-](F)(F)F. The van der Waals surface area contributed by atoms with E-state index in [2.05, 4.69) is 0 Å². The van der Waals surface area contributed by atoms with E-state index in [-0.39, 0.29) is 5.92 Å². The lowest BCUT2D eigenvalue weighted by Crippen LogP contribution is -2.07. The van der Waals surface area contributed by atoms with Crippen molar-refractivity contribution in [3.63, 3.8) is 0 Å². The van der Waals surface area contributed by atoms with Crippen LogP contribution in [0.25, 0.3) is 0 Å². The van der Waals surface area contributed by atoms with Gasteiger partial charge in [-0.15, -0.1) is 0 Å². The second kappa shape index (κ2) is 10.1. The fourth-order valence-corrected chi connectivity index (χ4v) is 0.649. The molecule has 0 amide bonds. The van der Waals surface area contributed by atoms with Crippen LogP contribution in [-0.2, 0) is 0 Å². The number of alkyl halides is 3. The van der Waals surface area contributed by atoms with Crippen molar-refractivity contribution in [2.45, 2.75) is 25.4 Å². The van der Waals surface area contributed by atoms with Gasteiger partial charge >= 0.3 is 27.9 Å². The molecule has 0 aromatic rings. The van der Waals surface area contributed by atoms with Gasteiger partial charge in [-0.25, -0.2) is 0 Å². The molecule has 1 rings (SSSR count). The molecular formula is C5H7B3F15-3. The summed E-state index contributed by atoms with van der Waals surface area (Å²) >= 11 is 0. The highest BCUT2D eigenvalue weighted by Crippen LogP contribution is 2.39. The molecule has 0 aromatic carbocycles. The van der Waals surface area contributed by atoms with Crippen molar-refractivity contribution < 1.29 is 65.0 Å². The molecule has 1 aliphatic carbocycles. The molecule has 0 nitrogen and oxygen atoms in total. The van der Waals surface area contributed by atoms with Crippen molar-refractivity contribution >= 4 is 21.8 Å². The van der Waals surface area contributed by atoms with Gasteiger partial charge in [-0.1, -0.05) is 0 Å². The molecule has 0 aromatic heterocycles. The van der Waals surface area contributed by atoms with Crippen molar-refractivity contribution in [3.8, 4) is 0 Å². The highest BCUT2D eigenvalue weighted by Gasteiger charge is 2.36. The lowest BCUT2D eigenvalue weighted by atomic mass is 10.3. The molecule has 0 unspecified atom stereocenters. The Bertz CT molecular complexity index is 235. The maximum absolute atomic E-state index is 11.3. The summed E-state index contributed by atoms with van der Waals surface area (Å²) in [5, 5.41) is 0. The largest absolute Gasteiger partial charge is 0.673 e. The smallest absolute Gasteiger partial charge is 0.418 e.